The van der Waals surface area contributed by atoms with Crippen molar-refractivity contribution in [3.05, 3.63) is 24.0 Å². The van der Waals surface area contributed by atoms with Gasteiger partial charge in [0.25, 0.3) is 0 Å². The van der Waals surface area contributed by atoms with E-state index in [4.69, 9.17) is 4.74 Å². The molecule has 1 aromatic heterocycles. The molecule has 3 heterocycles. The fraction of sp³-hybridized carbons (Fsp3) is 0.706. The number of aryl methyl sites for hydroxylation is 1. The number of halogens is 1. The van der Waals surface area contributed by atoms with Gasteiger partial charge in [0.05, 0.1) is 0 Å². The van der Waals surface area contributed by atoms with Crippen LogP contribution in [0.4, 0.5) is 0 Å². The van der Waals surface area contributed by atoms with Crippen LogP contribution in [0.2, 0.25) is 0 Å². The number of ether oxygens (including phenoxy) is 1. The molecule has 0 saturated carbocycles. The SMILES string of the molecule is Cc1cnccc1OC1CCN(CC2CCCNC2)CC1.Cl. The second-order valence-corrected chi connectivity index (χ2v) is 6.47. The van der Waals surface area contributed by atoms with Gasteiger partial charge in [-0.15, -0.1) is 12.4 Å². The van der Waals surface area contributed by atoms with Gasteiger partial charge in [-0.1, -0.05) is 0 Å². The van der Waals surface area contributed by atoms with E-state index in [1.807, 2.05) is 18.5 Å². The maximum absolute atomic E-state index is 6.15. The summed E-state index contributed by atoms with van der Waals surface area (Å²) in [6.45, 7) is 8.07. The molecule has 1 N–H and O–H groups in total. The highest BCUT2D eigenvalue weighted by molar-refractivity contribution is 5.85. The molecule has 124 valence electrons. The Morgan fingerprint density at radius 2 is 2.14 bits per heavy atom. The van der Waals surface area contributed by atoms with Crippen LogP contribution in [-0.2, 0) is 0 Å². The maximum Gasteiger partial charge on any atom is 0.125 e. The lowest BCUT2D eigenvalue weighted by Gasteiger charge is -2.35. The summed E-state index contributed by atoms with van der Waals surface area (Å²) in [5, 5.41) is 3.51. The van der Waals surface area contributed by atoms with Crippen molar-refractivity contribution in [3.63, 3.8) is 0 Å². The number of nitrogens with zero attached hydrogens (tertiary/aromatic N) is 2. The Labute approximate surface area is 140 Å². The minimum atomic E-state index is 0. The Kier molecular flexibility index (Phi) is 6.93. The zero-order valence-electron chi connectivity index (χ0n) is 13.5. The fourth-order valence-electron chi connectivity index (χ4n) is 3.43. The number of aromatic nitrogens is 1. The van der Waals surface area contributed by atoms with Crippen molar-refractivity contribution in [1.29, 1.82) is 0 Å². The molecule has 1 aromatic rings. The van der Waals surface area contributed by atoms with Crippen molar-refractivity contribution in [3.8, 4) is 5.75 Å². The molecule has 2 fully saturated rings. The van der Waals surface area contributed by atoms with Gasteiger partial charge in [0.15, 0.2) is 0 Å². The zero-order valence-corrected chi connectivity index (χ0v) is 14.3. The number of hydrogen-bond donors (Lipinski definition) is 1. The van der Waals surface area contributed by atoms with E-state index in [1.54, 1.807) is 0 Å². The summed E-state index contributed by atoms with van der Waals surface area (Å²) in [5.41, 5.74) is 1.13. The molecule has 5 heteroatoms. The highest BCUT2D eigenvalue weighted by Gasteiger charge is 2.23. The van der Waals surface area contributed by atoms with E-state index in [2.05, 4.69) is 22.1 Å². The second kappa shape index (κ2) is 8.70. The predicted molar refractivity (Wildman–Crippen MR) is 91.9 cm³/mol. The number of piperidine rings is 2. The molecule has 3 rings (SSSR count). The standard InChI is InChI=1S/C17H27N3O.ClH/c1-14-11-19-8-4-17(14)21-16-5-9-20(10-6-16)13-15-3-2-7-18-12-15;/h4,8,11,15-16,18H,2-3,5-7,9-10,12-13H2,1H3;1H. The highest BCUT2D eigenvalue weighted by atomic mass is 35.5. The summed E-state index contributed by atoms with van der Waals surface area (Å²) in [7, 11) is 0. The van der Waals surface area contributed by atoms with Crippen molar-refractivity contribution < 1.29 is 4.74 Å². The molecule has 1 unspecified atom stereocenters. The summed E-state index contributed by atoms with van der Waals surface area (Å²) in [6, 6.07) is 1.98. The van der Waals surface area contributed by atoms with Crippen molar-refractivity contribution in [2.75, 3.05) is 32.7 Å². The predicted octanol–water partition coefficient (Wildman–Crippen LogP) is 2.65. The first-order valence-electron chi connectivity index (χ1n) is 8.31. The van der Waals surface area contributed by atoms with Gasteiger partial charge in [0.2, 0.25) is 0 Å². The zero-order chi connectivity index (χ0) is 14.5. The van der Waals surface area contributed by atoms with E-state index < -0.39 is 0 Å². The van der Waals surface area contributed by atoms with Crippen LogP contribution in [0.25, 0.3) is 0 Å². The first kappa shape index (κ1) is 17.5. The minimum Gasteiger partial charge on any atom is -0.490 e. The smallest absolute Gasteiger partial charge is 0.125 e. The topological polar surface area (TPSA) is 37.4 Å². The molecule has 4 nitrogen and oxygen atoms in total. The van der Waals surface area contributed by atoms with Gasteiger partial charge in [-0.05, 0) is 57.7 Å². The molecular formula is C17H28ClN3O. The summed E-state index contributed by atoms with van der Waals surface area (Å²) >= 11 is 0. The number of hydrogen-bond acceptors (Lipinski definition) is 4. The van der Waals surface area contributed by atoms with Crippen molar-refractivity contribution in [2.24, 2.45) is 5.92 Å². The van der Waals surface area contributed by atoms with Gasteiger partial charge in [-0.3, -0.25) is 4.98 Å². The molecular weight excluding hydrogens is 298 g/mol. The first-order valence-corrected chi connectivity index (χ1v) is 8.31. The van der Waals surface area contributed by atoms with Crippen LogP contribution < -0.4 is 10.1 Å². The Bertz CT molecular complexity index is 443. The van der Waals surface area contributed by atoms with E-state index in [0.29, 0.717) is 6.10 Å². The highest BCUT2D eigenvalue weighted by Crippen LogP contribution is 2.22. The van der Waals surface area contributed by atoms with E-state index in [0.717, 1.165) is 30.1 Å². The Hall–Kier alpha value is -0.840. The van der Waals surface area contributed by atoms with Crippen LogP contribution >= 0.6 is 12.4 Å². The molecule has 2 aliphatic rings. The monoisotopic (exact) mass is 325 g/mol. The summed E-state index contributed by atoms with van der Waals surface area (Å²) in [6.07, 6.45) is 9.06. The van der Waals surface area contributed by atoms with Crippen LogP contribution in [0.3, 0.4) is 0 Å². The second-order valence-electron chi connectivity index (χ2n) is 6.47. The molecule has 22 heavy (non-hydrogen) atoms. The lowest BCUT2D eigenvalue weighted by molar-refractivity contribution is 0.0874. The first-order chi connectivity index (χ1) is 10.3. The van der Waals surface area contributed by atoms with E-state index in [9.17, 15) is 0 Å². The van der Waals surface area contributed by atoms with Gasteiger partial charge in [-0.2, -0.15) is 0 Å². The lowest BCUT2D eigenvalue weighted by Crippen LogP contribution is -2.43. The van der Waals surface area contributed by atoms with Crippen molar-refractivity contribution in [1.82, 2.24) is 15.2 Å². The average molecular weight is 326 g/mol. The molecule has 0 bridgehead atoms. The van der Waals surface area contributed by atoms with Gasteiger partial charge in [0, 0.05) is 37.6 Å². The van der Waals surface area contributed by atoms with E-state index in [1.165, 1.54) is 45.6 Å². The van der Waals surface area contributed by atoms with Crippen LogP contribution in [0.5, 0.6) is 5.75 Å². The quantitative estimate of drug-likeness (QED) is 0.923. The van der Waals surface area contributed by atoms with E-state index in [-0.39, 0.29) is 12.4 Å². The molecule has 0 amide bonds. The third-order valence-electron chi connectivity index (χ3n) is 4.71. The van der Waals surface area contributed by atoms with E-state index >= 15 is 0 Å². The number of pyridine rings is 1. The normalized spacial score (nSPS) is 23.8. The third kappa shape index (κ3) is 4.83. The minimum absolute atomic E-state index is 0. The fourth-order valence-corrected chi connectivity index (χ4v) is 3.43. The maximum atomic E-state index is 6.15. The molecule has 1 atom stereocenters. The summed E-state index contributed by atoms with van der Waals surface area (Å²) in [4.78, 5) is 6.74. The summed E-state index contributed by atoms with van der Waals surface area (Å²) in [5.74, 6) is 1.85. The molecule has 0 radical (unpaired) electrons. The van der Waals surface area contributed by atoms with Gasteiger partial charge >= 0.3 is 0 Å². The van der Waals surface area contributed by atoms with Crippen LogP contribution in [0.15, 0.2) is 18.5 Å². The molecule has 2 aliphatic heterocycles. The largest absolute Gasteiger partial charge is 0.490 e. The van der Waals surface area contributed by atoms with Crippen molar-refractivity contribution in [2.45, 2.75) is 38.7 Å². The van der Waals surface area contributed by atoms with Crippen LogP contribution in [0, 0.1) is 12.8 Å². The average Bonchev–Trinajstić information content (AvgIpc) is 2.52. The van der Waals surface area contributed by atoms with Crippen LogP contribution in [-0.4, -0.2) is 48.7 Å². The Morgan fingerprint density at radius 1 is 1.32 bits per heavy atom. The third-order valence-corrected chi connectivity index (χ3v) is 4.71. The Balaban J connectivity index is 0.00000176. The van der Waals surface area contributed by atoms with Gasteiger partial charge in [-0.25, -0.2) is 0 Å². The molecule has 0 aromatic carbocycles. The molecule has 0 spiro atoms. The molecule has 2 saturated heterocycles. The number of likely N-dealkylation sites (tertiary alicyclic amines) is 1. The van der Waals surface area contributed by atoms with Crippen molar-refractivity contribution >= 4 is 12.4 Å². The molecule has 0 aliphatic carbocycles. The number of nitrogens with one attached hydrogen (secondary N) is 1. The van der Waals surface area contributed by atoms with Crippen LogP contribution in [0.1, 0.15) is 31.2 Å². The van der Waals surface area contributed by atoms with Gasteiger partial charge < -0.3 is 15.0 Å². The van der Waals surface area contributed by atoms with Gasteiger partial charge in [0.1, 0.15) is 11.9 Å². The Morgan fingerprint density at radius 3 is 2.82 bits per heavy atom. The lowest BCUT2D eigenvalue weighted by atomic mass is 9.97. The summed E-state index contributed by atoms with van der Waals surface area (Å²) < 4.78 is 6.15. The number of rotatable bonds is 4.